The number of amides is 1. The van der Waals surface area contributed by atoms with Crippen molar-refractivity contribution in [2.45, 2.75) is 50.7 Å². The maximum Gasteiger partial charge on any atom is 0.233 e. The molecular formula is C16H24FNO2S. The van der Waals surface area contributed by atoms with Crippen molar-refractivity contribution in [1.82, 2.24) is 5.32 Å². The van der Waals surface area contributed by atoms with E-state index in [1.165, 1.54) is 23.9 Å². The van der Waals surface area contributed by atoms with Crippen molar-refractivity contribution in [1.29, 1.82) is 0 Å². The molecule has 21 heavy (non-hydrogen) atoms. The molecule has 1 unspecified atom stereocenters. The van der Waals surface area contributed by atoms with Crippen molar-refractivity contribution >= 4 is 17.7 Å². The Balaban J connectivity index is 2.62. The monoisotopic (exact) mass is 313 g/mol. The molecule has 1 amide bonds. The summed E-state index contributed by atoms with van der Waals surface area (Å²) in [5.74, 6) is 0.880. The van der Waals surface area contributed by atoms with E-state index in [1.807, 2.05) is 27.7 Å². The first kappa shape index (κ1) is 17.8. The van der Waals surface area contributed by atoms with E-state index in [-0.39, 0.29) is 22.5 Å². The Bertz CT molecular complexity index is 491. The van der Waals surface area contributed by atoms with Crippen molar-refractivity contribution in [2.75, 3.05) is 7.11 Å². The Kier molecular flexibility index (Phi) is 6.52. The summed E-state index contributed by atoms with van der Waals surface area (Å²) in [4.78, 5) is 12.1. The predicted octanol–water partition coefficient (Wildman–Crippen LogP) is 3.76. The van der Waals surface area contributed by atoms with Gasteiger partial charge in [0.05, 0.1) is 12.4 Å². The molecule has 118 valence electrons. The van der Waals surface area contributed by atoms with Gasteiger partial charge in [0.1, 0.15) is 11.6 Å². The van der Waals surface area contributed by atoms with Gasteiger partial charge in [0, 0.05) is 16.9 Å². The summed E-state index contributed by atoms with van der Waals surface area (Å²) in [5, 5.41) is 2.81. The zero-order valence-corrected chi connectivity index (χ0v) is 14.1. The number of nitrogens with one attached hydrogen (secondary N) is 1. The third-order valence-corrected chi connectivity index (χ3v) is 4.64. The van der Waals surface area contributed by atoms with Gasteiger partial charge in [0.15, 0.2) is 0 Å². The first-order valence-electron chi connectivity index (χ1n) is 7.05. The van der Waals surface area contributed by atoms with Crippen molar-refractivity contribution in [3.63, 3.8) is 0 Å². The SMILES string of the molecule is CCC(C)(C)NC(=O)C(C)SCc1cc(F)ccc1OC. The van der Waals surface area contributed by atoms with Gasteiger partial charge in [-0.25, -0.2) is 4.39 Å². The lowest BCUT2D eigenvalue weighted by Crippen LogP contribution is -2.46. The average molecular weight is 313 g/mol. The molecule has 0 aliphatic heterocycles. The molecule has 0 aliphatic rings. The molecule has 0 heterocycles. The zero-order valence-electron chi connectivity index (χ0n) is 13.3. The summed E-state index contributed by atoms with van der Waals surface area (Å²) in [6, 6.07) is 4.43. The fourth-order valence-corrected chi connectivity index (χ4v) is 2.54. The maximum absolute atomic E-state index is 13.3. The fraction of sp³-hybridized carbons (Fsp3) is 0.562. The molecule has 0 bridgehead atoms. The van der Waals surface area contributed by atoms with Crippen LogP contribution in [-0.4, -0.2) is 23.8 Å². The van der Waals surface area contributed by atoms with Gasteiger partial charge in [-0.05, 0) is 45.4 Å². The van der Waals surface area contributed by atoms with Gasteiger partial charge in [-0.1, -0.05) is 6.92 Å². The number of carbonyl (C=O) groups excluding carboxylic acids is 1. The first-order chi connectivity index (χ1) is 9.79. The second-order valence-corrected chi connectivity index (χ2v) is 6.97. The van der Waals surface area contributed by atoms with Gasteiger partial charge in [0.2, 0.25) is 5.91 Å². The lowest BCUT2D eigenvalue weighted by molar-refractivity contribution is -0.121. The normalized spacial score (nSPS) is 12.9. The molecule has 0 saturated heterocycles. The molecule has 1 N–H and O–H groups in total. The van der Waals surface area contributed by atoms with Gasteiger partial charge in [-0.3, -0.25) is 4.79 Å². The Hall–Kier alpha value is -1.23. The van der Waals surface area contributed by atoms with Gasteiger partial charge in [-0.15, -0.1) is 11.8 Å². The molecule has 1 rings (SSSR count). The van der Waals surface area contributed by atoms with Crippen LogP contribution in [0.1, 0.15) is 39.7 Å². The molecular weight excluding hydrogens is 289 g/mol. The standard InChI is InChI=1S/C16H24FNO2S/c1-6-16(3,4)18-15(19)11(2)21-10-12-9-13(17)7-8-14(12)20-5/h7-9,11H,6,10H2,1-5H3,(H,18,19). The Morgan fingerprint density at radius 1 is 1.48 bits per heavy atom. The van der Waals surface area contributed by atoms with Crippen LogP contribution in [0, 0.1) is 5.82 Å². The number of hydrogen-bond acceptors (Lipinski definition) is 3. The molecule has 1 aromatic carbocycles. The van der Waals surface area contributed by atoms with Crippen LogP contribution in [0.2, 0.25) is 0 Å². The van der Waals surface area contributed by atoms with Crippen molar-refractivity contribution in [2.24, 2.45) is 0 Å². The second-order valence-electron chi connectivity index (χ2n) is 5.64. The maximum atomic E-state index is 13.3. The van der Waals surface area contributed by atoms with Crippen molar-refractivity contribution < 1.29 is 13.9 Å². The van der Waals surface area contributed by atoms with Crippen LogP contribution >= 0.6 is 11.8 Å². The van der Waals surface area contributed by atoms with Crippen LogP contribution in [0.5, 0.6) is 5.75 Å². The van der Waals surface area contributed by atoms with Crippen molar-refractivity contribution in [3.8, 4) is 5.75 Å². The van der Waals surface area contributed by atoms with E-state index >= 15 is 0 Å². The fourth-order valence-electron chi connectivity index (χ4n) is 1.67. The van der Waals surface area contributed by atoms with Gasteiger partial charge < -0.3 is 10.1 Å². The number of benzene rings is 1. The van der Waals surface area contributed by atoms with E-state index < -0.39 is 0 Å². The van der Waals surface area contributed by atoms with Crippen molar-refractivity contribution in [3.05, 3.63) is 29.6 Å². The molecule has 0 spiro atoms. The summed E-state index contributed by atoms with van der Waals surface area (Å²) < 4.78 is 18.5. The highest BCUT2D eigenvalue weighted by molar-refractivity contribution is 7.99. The lowest BCUT2D eigenvalue weighted by atomic mass is 10.0. The molecule has 1 aromatic rings. The number of hydrogen-bond donors (Lipinski definition) is 1. The molecule has 1 atom stereocenters. The van der Waals surface area contributed by atoms with E-state index in [0.29, 0.717) is 11.5 Å². The van der Waals surface area contributed by atoms with E-state index in [1.54, 1.807) is 13.2 Å². The highest BCUT2D eigenvalue weighted by Gasteiger charge is 2.22. The van der Waals surface area contributed by atoms with E-state index in [4.69, 9.17) is 4.74 Å². The molecule has 5 heteroatoms. The third-order valence-electron chi connectivity index (χ3n) is 3.45. The van der Waals surface area contributed by atoms with Crippen LogP contribution in [0.15, 0.2) is 18.2 Å². The highest BCUT2D eigenvalue weighted by Crippen LogP contribution is 2.26. The smallest absolute Gasteiger partial charge is 0.233 e. The van der Waals surface area contributed by atoms with Gasteiger partial charge >= 0.3 is 0 Å². The first-order valence-corrected chi connectivity index (χ1v) is 8.10. The third kappa shape index (κ3) is 5.58. The van der Waals surface area contributed by atoms with E-state index in [2.05, 4.69) is 5.32 Å². The Morgan fingerprint density at radius 2 is 2.14 bits per heavy atom. The summed E-state index contributed by atoms with van der Waals surface area (Å²) in [7, 11) is 1.56. The molecule has 0 fully saturated rings. The number of rotatable bonds is 7. The number of methoxy groups -OCH3 is 1. The van der Waals surface area contributed by atoms with Crippen LogP contribution in [0.4, 0.5) is 4.39 Å². The minimum Gasteiger partial charge on any atom is -0.496 e. The van der Waals surface area contributed by atoms with Gasteiger partial charge in [-0.2, -0.15) is 0 Å². The van der Waals surface area contributed by atoms with Crippen LogP contribution < -0.4 is 10.1 Å². The number of ether oxygens (including phenoxy) is 1. The number of carbonyl (C=O) groups is 1. The molecule has 3 nitrogen and oxygen atoms in total. The number of thioether (sulfide) groups is 1. The zero-order chi connectivity index (χ0) is 16.0. The van der Waals surface area contributed by atoms with Crippen LogP contribution in [0.25, 0.3) is 0 Å². The molecule has 0 aromatic heterocycles. The molecule has 0 saturated carbocycles. The topological polar surface area (TPSA) is 38.3 Å². The second kappa shape index (κ2) is 7.69. The summed E-state index contributed by atoms with van der Waals surface area (Å²) in [6.07, 6.45) is 0.869. The largest absolute Gasteiger partial charge is 0.496 e. The minimum absolute atomic E-state index is 0.00206. The lowest BCUT2D eigenvalue weighted by Gasteiger charge is -2.26. The number of halogens is 1. The average Bonchev–Trinajstić information content (AvgIpc) is 2.44. The summed E-state index contributed by atoms with van der Waals surface area (Å²) in [5.41, 5.74) is 0.555. The molecule has 0 aliphatic carbocycles. The summed E-state index contributed by atoms with van der Waals surface area (Å²) >= 11 is 1.47. The Labute approximate surface area is 130 Å². The van der Waals surface area contributed by atoms with Crippen LogP contribution in [0.3, 0.4) is 0 Å². The van der Waals surface area contributed by atoms with E-state index in [0.717, 1.165) is 12.0 Å². The minimum atomic E-state index is -0.296. The molecule has 0 radical (unpaired) electrons. The van der Waals surface area contributed by atoms with E-state index in [9.17, 15) is 9.18 Å². The summed E-state index contributed by atoms with van der Waals surface area (Å²) in [6.45, 7) is 7.89. The van der Waals surface area contributed by atoms with Crippen LogP contribution in [-0.2, 0) is 10.5 Å². The highest BCUT2D eigenvalue weighted by atomic mass is 32.2. The quantitative estimate of drug-likeness (QED) is 0.833. The Morgan fingerprint density at radius 3 is 2.71 bits per heavy atom. The predicted molar refractivity (Wildman–Crippen MR) is 86.2 cm³/mol. The van der Waals surface area contributed by atoms with Gasteiger partial charge in [0.25, 0.3) is 0 Å².